The molecule has 5 nitrogen and oxygen atoms in total. The second-order valence-electron chi connectivity index (χ2n) is 7.14. The Kier molecular flexibility index (Phi) is 5.36. The van der Waals surface area contributed by atoms with Crippen LogP contribution in [0.2, 0.25) is 0 Å². The molecule has 1 atom stereocenters. The molecule has 1 aromatic carbocycles. The first-order chi connectivity index (χ1) is 12.7. The summed E-state index contributed by atoms with van der Waals surface area (Å²) < 4.78 is 7.21. The van der Waals surface area contributed by atoms with Crippen LogP contribution in [0, 0.1) is 0 Å². The highest BCUT2D eigenvalue weighted by molar-refractivity contribution is 7.21. The summed E-state index contributed by atoms with van der Waals surface area (Å²) in [6.07, 6.45) is 0. The first-order valence-electron chi connectivity index (χ1n) is 9.26. The largest absolute Gasteiger partial charge is 0.457 e. The van der Waals surface area contributed by atoms with Gasteiger partial charge in [-0.25, -0.2) is 4.98 Å². The van der Waals surface area contributed by atoms with E-state index >= 15 is 0 Å². The van der Waals surface area contributed by atoms with E-state index in [4.69, 9.17) is 4.42 Å². The average Bonchev–Trinajstić information content (AvgIpc) is 3.28. The number of hydrogen-bond acceptors (Lipinski definition) is 6. The van der Waals surface area contributed by atoms with Crippen LogP contribution in [0.1, 0.15) is 12.7 Å². The number of hydrogen-bond donors (Lipinski definition) is 1. The molecular formula is C20H26N4OS. The Labute approximate surface area is 158 Å². The van der Waals surface area contributed by atoms with Crippen molar-refractivity contribution in [3.8, 4) is 10.8 Å². The lowest BCUT2D eigenvalue weighted by Gasteiger charge is -2.34. The maximum absolute atomic E-state index is 6.02. The highest BCUT2D eigenvalue weighted by Gasteiger charge is 2.16. The van der Waals surface area contributed by atoms with Crippen molar-refractivity contribution in [3.05, 3.63) is 42.2 Å². The Morgan fingerprint density at radius 1 is 1.15 bits per heavy atom. The van der Waals surface area contributed by atoms with E-state index in [1.807, 2.05) is 24.3 Å². The molecule has 3 aromatic rings. The van der Waals surface area contributed by atoms with E-state index in [0.29, 0.717) is 6.04 Å². The first kappa shape index (κ1) is 17.7. The zero-order valence-corrected chi connectivity index (χ0v) is 16.3. The van der Waals surface area contributed by atoms with Gasteiger partial charge in [-0.3, -0.25) is 4.90 Å². The summed E-state index contributed by atoms with van der Waals surface area (Å²) in [5.74, 6) is 1.82. The van der Waals surface area contributed by atoms with Crippen LogP contribution in [0.15, 0.2) is 40.8 Å². The smallest absolute Gasteiger partial charge is 0.163 e. The normalized spacial score (nSPS) is 17.8. The fraction of sp³-hybridized carbons (Fsp3) is 0.450. The summed E-state index contributed by atoms with van der Waals surface area (Å²) >= 11 is 1.68. The van der Waals surface area contributed by atoms with Crippen LogP contribution in [0.3, 0.4) is 0 Å². The van der Waals surface area contributed by atoms with Gasteiger partial charge in [-0.05, 0) is 38.2 Å². The SMILES string of the molecule is CC(CN1CCN(C)CC1)NCc1ccc(-c2nc3ccccc3s2)o1. The van der Waals surface area contributed by atoms with Crippen molar-refractivity contribution in [2.75, 3.05) is 39.8 Å². The number of nitrogens with zero attached hydrogens (tertiary/aromatic N) is 3. The standard InChI is InChI=1S/C20H26N4OS/c1-15(14-24-11-9-23(2)10-12-24)21-13-16-7-8-18(25-16)20-22-17-5-3-4-6-19(17)26-20/h3-8,15,21H,9-14H2,1-2H3. The van der Waals surface area contributed by atoms with Gasteiger partial charge in [0.1, 0.15) is 5.76 Å². The van der Waals surface area contributed by atoms with Gasteiger partial charge >= 0.3 is 0 Å². The Hall–Kier alpha value is -1.73. The van der Waals surface area contributed by atoms with Crippen molar-refractivity contribution in [2.24, 2.45) is 0 Å². The molecule has 1 unspecified atom stereocenters. The van der Waals surface area contributed by atoms with Crippen LogP contribution in [-0.4, -0.2) is 60.6 Å². The van der Waals surface area contributed by atoms with Crippen LogP contribution < -0.4 is 5.32 Å². The first-order valence-corrected chi connectivity index (χ1v) is 10.1. The molecule has 1 aliphatic heterocycles. The molecule has 26 heavy (non-hydrogen) atoms. The molecule has 1 aliphatic rings. The van der Waals surface area contributed by atoms with Gasteiger partial charge in [0.25, 0.3) is 0 Å². The average molecular weight is 371 g/mol. The van der Waals surface area contributed by atoms with Crippen molar-refractivity contribution in [3.63, 3.8) is 0 Å². The minimum atomic E-state index is 0.439. The van der Waals surface area contributed by atoms with Gasteiger partial charge in [0.2, 0.25) is 0 Å². The van der Waals surface area contributed by atoms with Crippen molar-refractivity contribution < 1.29 is 4.42 Å². The summed E-state index contributed by atoms with van der Waals surface area (Å²) in [4.78, 5) is 9.59. The lowest BCUT2D eigenvalue weighted by Crippen LogP contribution is -2.48. The topological polar surface area (TPSA) is 44.5 Å². The minimum absolute atomic E-state index is 0.439. The molecule has 1 fully saturated rings. The van der Waals surface area contributed by atoms with Gasteiger partial charge in [-0.15, -0.1) is 11.3 Å². The third-order valence-electron chi connectivity index (χ3n) is 4.92. The van der Waals surface area contributed by atoms with Gasteiger partial charge < -0.3 is 14.6 Å². The number of furan rings is 1. The molecule has 1 N–H and O–H groups in total. The quantitative estimate of drug-likeness (QED) is 0.721. The van der Waals surface area contributed by atoms with E-state index < -0.39 is 0 Å². The Bertz CT molecular complexity index is 817. The second kappa shape index (κ2) is 7.88. The highest BCUT2D eigenvalue weighted by Crippen LogP contribution is 2.31. The van der Waals surface area contributed by atoms with E-state index in [2.05, 4.69) is 46.2 Å². The number of rotatable bonds is 6. The predicted octanol–water partition coefficient (Wildman–Crippen LogP) is 3.28. The molecule has 0 radical (unpaired) electrons. The van der Waals surface area contributed by atoms with Crippen LogP contribution in [0.25, 0.3) is 21.0 Å². The van der Waals surface area contributed by atoms with Crippen molar-refractivity contribution in [1.82, 2.24) is 20.1 Å². The number of fused-ring (bicyclic) bond motifs is 1. The predicted molar refractivity (Wildman–Crippen MR) is 108 cm³/mol. The fourth-order valence-electron chi connectivity index (χ4n) is 3.32. The molecule has 3 heterocycles. The number of para-hydroxylation sites is 1. The van der Waals surface area contributed by atoms with Crippen LogP contribution in [0.5, 0.6) is 0 Å². The molecule has 0 spiro atoms. The Morgan fingerprint density at radius 3 is 2.77 bits per heavy atom. The monoisotopic (exact) mass is 370 g/mol. The van der Waals surface area contributed by atoms with Crippen molar-refractivity contribution in [2.45, 2.75) is 19.5 Å². The van der Waals surface area contributed by atoms with E-state index in [1.165, 1.54) is 4.70 Å². The maximum atomic E-state index is 6.02. The van der Waals surface area contributed by atoms with Crippen molar-refractivity contribution in [1.29, 1.82) is 0 Å². The lowest BCUT2D eigenvalue weighted by molar-refractivity contribution is 0.144. The zero-order valence-electron chi connectivity index (χ0n) is 15.4. The zero-order chi connectivity index (χ0) is 17.9. The van der Waals surface area contributed by atoms with Gasteiger partial charge in [0.15, 0.2) is 10.8 Å². The van der Waals surface area contributed by atoms with E-state index in [-0.39, 0.29) is 0 Å². The molecule has 0 bridgehead atoms. The van der Waals surface area contributed by atoms with Crippen LogP contribution in [-0.2, 0) is 6.54 Å². The van der Waals surface area contributed by atoms with E-state index in [1.54, 1.807) is 11.3 Å². The molecule has 4 rings (SSSR count). The summed E-state index contributed by atoms with van der Waals surface area (Å²) in [5, 5.41) is 4.53. The molecule has 0 amide bonds. The summed E-state index contributed by atoms with van der Waals surface area (Å²) in [5.41, 5.74) is 1.03. The van der Waals surface area contributed by atoms with Gasteiger partial charge in [0.05, 0.1) is 16.8 Å². The number of piperazine rings is 1. The molecule has 0 saturated carbocycles. The fourth-order valence-corrected chi connectivity index (χ4v) is 4.25. The number of thiazole rings is 1. The Balaban J connectivity index is 1.32. The number of likely N-dealkylation sites (N-methyl/N-ethyl adjacent to an activating group) is 1. The molecule has 138 valence electrons. The molecule has 6 heteroatoms. The highest BCUT2D eigenvalue weighted by atomic mass is 32.1. The van der Waals surface area contributed by atoms with Gasteiger partial charge in [-0.1, -0.05) is 12.1 Å². The molecule has 2 aromatic heterocycles. The summed E-state index contributed by atoms with van der Waals surface area (Å²) in [6.45, 7) is 8.72. The summed E-state index contributed by atoms with van der Waals surface area (Å²) in [7, 11) is 2.19. The lowest BCUT2D eigenvalue weighted by atomic mass is 10.2. The second-order valence-corrected chi connectivity index (χ2v) is 8.17. The Morgan fingerprint density at radius 2 is 1.96 bits per heavy atom. The third kappa shape index (κ3) is 4.15. The van der Waals surface area contributed by atoms with Gasteiger partial charge in [-0.2, -0.15) is 0 Å². The van der Waals surface area contributed by atoms with Gasteiger partial charge in [0, 0.05) is 38.8 Å². The van der Waals surface area contributed by atoms with Crippen LogP contribution in [0.4, 0.5) is 0 Å². The summed E-state index contributed by atoms with van der Waals surface area (Å²) in [6, 6.07) is 12.7. The molecule has 1 saturated heterocycles. The van der Waals surface area contributed by atoms with Crippen LogP contribution >= 0.6 is 11.3 Å². The number of aromatic nitrogens is 1. The number of benzene rings is 1. The van der Waals surface area contributed by atoms with E-state index in [9.17, 15) is 0 Å². The minimum Gasteiger partial charge on any atom is -0.457 e. The maximum Gasteiger partial charge on any atom is 0.163 e. The molecule has 0 aliphatic carbocycles. The van der Waals surface area contributed by atoms with E-state index in [0.717, 1.165) is 61.3 Å². The molecular weight excluding hydrogens is 344 g/mol. The number of nitrogens with one attached hydrogen (secondary N) is 1. The third-order valence-corrected chi connectivity index (χ3v) is 5.97. The van der Waals surface area contributed by atoms with Crippen molar-refractivity contribution >= 4 is 21.6 Å².